The predicted molar refractivity (Wildman–Crippen MR) is 74.5 cm³/mol. The molecule has 116 valence electrons. The lowest BCUT2D eigenvalue weighted by atomic mass is 10.2. The molecule has 6 nitrogen and oxygen atoms in total. The van der Waals surface area contributed by atoms with Gasteiger partial charge in [0.25, 0.3) is 5.91 Å². The van der Waals surface area contributed by atoms with Crippen molar-refractivity contribution >= 4 is 5.91 Å². The maximum Gasteiger partial charge on any atom is 0.261 e. The number of hydrogen-bond acceptors (Lipinski definition) is 5. The Balaban J connectivity index is 1.69. The van der Waals surface area contributed by atoms with Crippen LogP contribution in [0.15, 0.2) is 35.2 Å². The fraction of sp³-hybridized carbons (Fsp3) is 0.400. The van der Waals surface area contributed by atoms with Gasteiger partial charge in [-0.25, -0.2) is 4.39 Å². The van der Waals surface area contributed by atoms with Crippen molar-refractivity contribution in [1.29, 1.82) is 0 Å². The molecular formula is C15H16FN3O3. The highest BCUT2D eigenvalue weighted by atomic mass is 19.1. The Morgan fingerprint density at radius 1 is 1.50 bits per heavy atom. The average Bonchev–Trinajstić information content (AvgIpc) is 3.08. The lowest BCUT2D eigenvalue weighted by Gasteiger charge is -2.20. The van der Waals surface area contributed by atoms with Crippen LogP contribution in [0.5, 0.6) is 5.75 Å². The molecule has 7 heteroatoms. The zero-order valence-corrected chi connectivity index (χ0v) is 12.1. The Labute approximate surface area is 126 Å². The third-order valence-corrected chi connectivity index (χ3v) is 3.67. The summed E-state index contributed by atoms with van der Waals surface area (Å²) in [5, 5.41) is 6.67. The van der Waals surface area contributed by atoms with Gasteiger partial charge in [0, 0.05) is 0 Å². The van der Waals surface area contributed by atoms with E-state index in [-0.39, 0.29) is 11.7 Å². The van der Waals surface area contributed by atoms with E-state index >= 15 is 0 Å². The van der Waals surface area contributed by atoms with Crippen molar-refractivity contribution in [2.24, 2.45) is 0 Å². The lowest BCUT2D eigenvalue weighted by Crippen LogP contribution is -2.44. The molecule has 0 aliphatic heterocycles. The van der Waals surface area contributed by atoms with E-state index < -0.39 is 17.5 Å². The minimum atomic E-state index is -0.777. The highest BCUT2D eigenvalue weighted by Crippen LogP contribution is 2.43. The monoisotopic (exact) mass is 305 g/mol. The second kappa shape index (κ2) is 5.75. The molecule has 1 atom stereocenters. The van der Waals surface area contributed by atoms with Gasteiger partial charge in [-0.1, -0.05) is 24.2 Å². The third-order valence-electron chi connectivity index (χ3n) is 3.67. The zero-order valence-electron chi connectivity index (χ0n) is 12.1. The molecule has 0 spiro atoms. The van der Waals surface area contributed by atoms with E-state index in [1.165, 1.54) is 18.5 Å². The molecule has 3 rings (SSSR count). The van der Waals surface area contributed by atoms with Gasteiger partial charge in [0.05, 0.1) is 0 Å². The first-order valence-electron chi connectivity index (χ1n) is 7.15. The Morgan fingerprint density at radius 2 is 2.27 bits per heavy atom. The second-order valence-electron chi connectivity index (χ2n) is 5.27. The van der Waals surface area contributed by atoms with E-state index in [9.17, 15) is 9.18 Å². The zero-order chi connectivity index (χ0) is 15.6. The number of rotatable bonds is 6. The second-order valence-corrected chi connectivity index (χ2v) is 5.27. The minimum absolute atomic E-state index is 0.0638. The predicted octanol–water partition coefficient (Wildman–Crippen LogP) is 2.17. The average molecular weight is 305 g/mol. The normalized spacial score (nSPS) is 16.8. The quantitative estimate of drug-likeness (QED) is 0.885. The van der Waals surface area contributed by atoms with E-state index in [0.717, 1.165) is 12.8 Å². The molecule has 0 bridgehead atoms. The molecule has 1 aromatic heterocycles. The van der Waals surface area contributed by atoms with Crippen molar-refractivity contribution in [1.82, 2.24) is 15.5 Å². The number of nitrogens with one attached hydrogen (secondary N) is 1. The number of ether oxygens (including phenoxy) is 1. The van der Waals surface area contributed by atoms with E-state index in [4.69, 9.17) is 9.26 Å². The van der Waals surface area contributed by atoms with Crippen LogP contribution in [0.1, 0.15) is 32.0 Å². The van der Waals surface area contributed by atoms with Crippen molar-refractivity contribution in [2.75, 3.05) is 0 Å². The van der Waals surface area contributed by atoms with E-state index in [1.54, 1.807) is 19.1 Å². The topological polar surface area (TPSA) is 77.2 Å². The Hall–Kier alpha value is -2.44. The van der Waals surface area contributed by atoms with Crippen LogP contribution < -0.4 is 10.1 Å². The fourth-order valence-electron chi connectivity index (χ4n) is 2.24. The maximum atomic E-state index is 13.6. The molecule has 1 unspecified atom stereocenters. The summed E-state index contributed by atoms with van der Waals surface area (Å²) in [6.07, 6.45) is 2.36. The standard InChI is InChI=1S/C15H16FN3O3/c1-2-11(22-12-6-4-3-5-10(12)16)13(20)18-15(7-8-15)14-17-9-21-19-14/h3-6,9,11H,2,7-8H2,1H3,(H,18,20). The van der Waals surface area contributed by atoms with E-state index in [2.05, 4.69) is 15.5 Å². The van der Waals surface area contributed by atoms with Gasteiger partial charge < -0.3 is 14.6 Å². The number of halogens is 1. The number of hydrogen-bond donors (Lipinski definition) is 1. The van der Waals surface area contributed by atoms with Crippen LogP contribution in [0.4, 0.5) is 4.39 Å². The molecule has 1 saturated carbocycles. The van der Waals surface area contributed by atoms with Crippen molar-refractivity contribution in [3.8, 4) is 5.75 Å². The molecule has 1 aliphatic rings. The third kappa shape index (κ3) is 2.79. The summed E-state index contributed by atoms with van der Waals surface area (Å²) in [5.74, 6) is -0.281. The number of amides is 1. The maximum absolute atomic E-state index is 13.6. The van der Waals surface area contributed by atoms with Crippen LogP contribution in [0.2, 0.25) is 0 Å². The van der Waals surface area contributed by atoms with Crippen molar-refractivity contribution < 1.29 is 18.4 Å². The first-order valence-corrected chi connectivity index (χ1v) is 7.15. The molecule has 22 heavy (non-hydrogen) atoms. The highest BCUT2D eigenvalue weighted by Gasteiger charge is 2.50. The summed E-state index contributed by atoms with van der Waals surface area (Å²) in [7, 11) is 0. The number of carbonyl (C=O) groups is 1. The number of aromatic nitrogens is 2. The van der Waals surface area contributed by atoms with E-state index in [1.807, 2.05) is 0 Å². The van der Waals surface area contributed by atoms with Crippen LogP contribution in [-0.4, -0.2) is 22.2 Å². The van der Waals surface area contributed by atoms with Crippen molar-refractivity contribution in [3.63, 3.8) is 0 Å². The Morgan fingerprint density at radius 3 is 2.86 bits per heavy atom. The van der Waals surface area contributed by atoms with Crippen LogP contribution in [-0.2, 0) is 10.3 Å². The smallest absolute Gasteiger partial charge is 0.261 e. The van der Waals surface area contributed by atoms with Crippen LogP contribution >= 0.6 is 0 Å². The van der Waals surface area contributed by atoms with Gasteiger partial charge in [0.15, 0.2) is 23.5 Å². The molecule has 0 radical (unpaired) electrons. The van der Waals surface area contributed by atoms with Gasteiger partial charge >= 0.3 is 0 Å². The van der Waals surface area contributed by atoms with Crippen LogP contribution in [0.25, 0.3) is 0 Å². The molecule has 1 fully saturated rings. The van der Waals surface area contributed by atoms with Gasteiger partial charge in [-0.05, 0) is 31.4 Å². The SMILES string of the molecule is CCC(Oc1ccccc1F)C(=O)NC1(c2ncon2)CC1. The summed E-state index contributed by atoms with van der Waals surface area (Å²) in [6.45, 7) is 1.80. The molecule has 1 amide bonds. The first-order chi connectivity index (χ1) is 10.6. The molecule has 1 aromatic carbocycles. The van der Waals surface area contributed by atoms with Gasteiger partial charge in [-0.3, -0.25) is 4.79 Å². The fourth-order valence-corrected chi connectivity index (χ4v) is 2.24. The van der Waals surface area contributed by atoms with Crippen LogP contribution in [0, 0.1) is 5.82 Å². The van der Waals surface area contributed by atoms with Gasteiger partial charge in [-0.2, -0.15) is 4.98 Å². The minimum Gasteiger partial charge on any atom is -0.478 e. The molecule has 2 aromatic rings. The number of nitrogens with zero attached hydrogens (tertiary/aromatic N) is 2. The highest BCUT2D eigenvalue weighted by molar-refractivity contribution is 5.82. The Kier molecular flexibility index (Phi) is 3.79. The van der Waals surface area contributed by atoms with Gasteiger partial charge in [0.1, 0.15) is 5.54 Å². The summed E-state index contributed by atoms with van der Waals surface area (Å²) < 4.78 is 23.9. The lowest BCUT2D eigenvalue weighted by molar-refractivity contribution is -0.129. The number of carbonyl (C=O) groups excluding carboxylic acids is 1. The summed E-state index contributed by atoms with van der Waals surface area (Å²) in [5.41, 5.74) is -0.573. The molecule has 0 saturated heterocycles. The molecule has 1 aliphatic carbocycles. The van der Waals surface area contributed by atoms with Crippen molar-refractivity contribution in [3.05, 3.63) is 42.3 Å². The molecule has 1 heterocycles. The molecule has 1 N–H and O–H groups in total. The molecular weight excluding hydrogens is 289 g/mol. The summed E-state index contributed by atoms with van der Waals surface area (Å²) in [4.78, 5) is 16.4. The Bertz CT molecular complexity index is 656. The van der Waals surface area contributed by atoms with Crippen molar-refractivity contribution in [2.45, 2.75) is 37.8 Å². The number of para-hydroxylation sites is 1. The van der Waals surface area contributed by atoms with E-state index in [0.29, 0.717) is 12.2 Å². The van der Waals surface area contributed by atoms with Gasteiger partial charge in [0.2, 0.25) is 6.39 Å². The van der Waals surface area contributed by atoms with Gasteiger partial charge in [-0.15, -0.1) is 0 Å². The summed E-state index contributed by atoms with van der Waals surface area (Å²) >= 11 is 0. The number of benzene rings is 1. The largest absolute Gasteiger partial charge is 0.478 e. The van der Waals surface area contributed by atoms with Crippen LogP contribution in [0.3, 0.4) is 0 Å². The first kappa shape index (κ1) is 14.5. The summed E-state index contributed by atoms with van der Waals surface area (Å²) in [6, 6.07) is 6.02.